The van der Waals surface area contributed by atoms with Gasteiger partial charge in [0.1, 0.15) is 11.3 Å². The molecule has 0 bridgehead atoms. The van der Waals surface area contributed by atoms with Crippen molar-refractivity contribution in [2.75, 3.05) is 0 Å². The zero-order chi connectivity index (χ0) is 15.4. The standard InChI is InChI=1S/C16H18N2O3/c1-4-11-12(5-2)17-18-15(14(11)16(19)20)21-13-9-7-6-8-10(13)3/h6-9H,4-5H2,1-3H3,(H,19,20). The normalized spacial score (nSPS) is 10.4. The molecule has 0 aliphatic carbocycles. The number of aryl methyl sites for hydroxylation is 2. The van der Waals surface area contributed by atoms with Crippen LogP contribution in [0.25, 0.3) is 0 Å². The summed E-state index contributed by atoms with van der Waals surface area (Å²) in [5.41, 5.74) is 2.40. The molecule has 0 aliphatic rings. The highest BCUT2D eigenvalue weighted by molar-refractivity contribution is 5.92. The number of aromatic nitrogens is 2. The molecular formula is C16H18N2O3. The van der Waals surface area contributed by atoms with Crippen molar-refractivity contribution >= 4 is 5.97 Å². The van der Waals surface area contributed by atoms with Gasteiger partial charge in [-0.15, -0.1) is 5.10 Å². The Bertz CT molecular complexity index is 669. The van der Waals surface area contributed by atoms with E-state index in [0.717, 1.165) is 5.56 Å². The van der Waals surface area contributed by atoms with Crippen LogP contribution in [-0.4, -0.2) is 21.3 Å². The molecule has 1 aromatic carbocycles. The molecule has 1 heterocycles. The Kier molecular flexibility index (Phi) is 4.52. The van der Waals surface area contributed by atoms with Crippen molar-refractivity contribution in [2.24, 2.45) is 0 Å². The topological polar surface area (TPSA) is 72.3 Å². The first-order valence-corrected chi connectivity index (χ1v) is 6.93. The van der Waals surface area contributed by atoms with Gasteiger partial charge < -0.3 is 9.84 Å². The summed E-state index contributed by atoms with van der Waals surface area (Å²) in [5.74, 6) is -0.411. The summed E-state index contributed by atoms with van der Waals surface area (Å²) in [4.78, 5) is 11.6. The zero-order valence-electron chi connectivity index (χ0n) is 12.4. The minimum atomic E-state index is -1.04. The Morgan fingerprint density at radius 2 is 1.90 bits per heavy atom. The van der Waals surface area contributed by atoms with Gasteiger partial charge in [-0.2, -0.15) is 5.10 Å². The molecule has 5 heteroatoms. The number of carboxylic acids is 1. The predicted molar refractivity (Wildman–Crippen MR) is 79.0 cm³/mol. The highest BCUT2D eigenvalue weighted by Crippen LogP contribution is 2.28. The number of benzene rings is 1. The third-order valence-corrected chi connectivity index (χ3v) is 3.33. The Morgan fingerprint density at radius 1 is 1.19 bits per heavy atom. The lowest BCUT2D eigenvalue weighted by Gasteiger charge is -2.13. The molecule has 0 atom stereocenters. The second-order valence-electron chi connectivity index (χ2n) is 4.69. The summed E-state index contributed by atoms with van der Waals surface area (Å²) >= 11 is 0. The highest BCUT2D eigenvalue weighted by atomic mass is 16.5. The van der Waals surface area contributed by atoms with Crippen molar-refractivity contribution in [3.8, 4) is 11.6 Å². The van der Waals surface area contributed by atoms with E-state index in [0.29, 0.717) is 29.8 Å². The molecule has 1 N–H and O–H groups in total. The second kappa shape index (κ2) is 6.35. The van der Waals surface area contributed by atoms with E-state index in [1.165, 1.54) is 0 Å². The SMILES string of the molecule is CCc1nnc(Oc2ccccc2C)c(C(=O)O)c1CC. The molecule has 2 aromatic rings. The molecule has 1 aromatic heterocycles. The largest absolute Gasteiger partial charge is 0.477 e. The van der Waals surface area contributed by atoms with E-state index < -0.39 is 5.97 Å². The minimum absolute atomic E-state index is 0.0471. The van der Waals surface area contributed by atoms with Crippen LogP contribution in [0.5, 0.6) is 11.6 Å². The lowest BCUT2D eigenvalue weighted by atomic mass is 10.0. The van der Waals surface area contributed by atoms with Gasteiger partial charge in [-0.3, -0.25) is 0 Å². The number of nitrogens with zero attached hydrogens (tertiary/aromatic N) is 2. The Morgan fingerprint density at radius 3 is 2.48 bits per heavy atom. The van der Waals surface area contributed by atoms with Gasteiger partial charge in [-0.25, -0.2) is 4.79 Å². The second-order valence-corrected chi connectivity index (χ2v) is 4.69. The molecule has 5 nitrogen and oxygen atoms in total. The third kappa shape index (κ3) is 3.02. The van der Waals surface area contributed by atoms with Gasteiger partial charge in [0.25, 0.3) is 5.88 Å². The van der Waals surface area contributed by atoms with Gasteiger partial charge in [0.2, 0.25) is 0 Å². The van der Waals surface area contributed by atoms with Gasteiger partial charge >= 0.3 is 5.97 Å². The van der Waals surface area contributed by atoms with Gasteiger partial charge in [-0.05, 0) is 37.0 Å². The maximum atomic E-state index is 11.6. The summed E-state index contributed by atoms with van der Waals surface area (Å²) in [6.45, 7) is 5.72. The summed E-state index contributed by atoms with van der Waals surface area (Å²) < 4.78 is 5.69. The molecular weight excluding hydrogens is 268 g/mol. The number of rotatable bonds is 5. The van der Waals surface area contributed by atoms with E-state index >= 15 is 0 Å². The monoisotopic (exact) mass is 286 g/mol. The average molecular weight is 286 g/mol. The Balaban J connectivity index is 2.54. The quantitative estimate of drug-likeness (QED) is 0.912. The summed E-state index contributed by atoms with van der Waals surface area (Å²) in [7, 11) is 0. The van der Waals surface area contributed by atoms with Crippen molar-refractivity contribution < 1.29 is 14.6 Å². The van der Waals surface area contributed by atoms with E-state index in [1.807, 2.05) is 39.0 Å². The number of carbonyl (C=O) groups is 1. The van der Waals surface area contributed by atoms with Gasteiger partial charge in [-0.1, -0.05) is 32.0 Å². The highest BCUT2D eigenvalue weighted by Gasteiger charge is 2.22. The molecule has 0 aliphatic heterocycles. The first kappa shape index (κ1) is 15.0. The fraction of sp³-hybridized carbons (Fsp3) is 0.312. The van der Waals surface area contributed by atoms with Crippen LogP contribution in [-0.2, 0) is 12.8 Å². The molecule has 21 heavy (non-hydrogen) atoms. The molecule has 0 saturated carbocycles. The van der Waals surface area contributed by atoms with Gasteiger partial charge in [0.15, 0.2) is 0 Å². The molecule has 0 fully saturated rings. The van der Waals surface area contributed by atoms with E-state index in [4.69, 9.17) is 4.74 Å². The first-order valence-electron chi connectivity index (χ1n) is 6.93. The predicted octanol–water partition coefficient (Wildman–Crippen LogP) is 3.40. The Hall–Kier alpha value is -2.43. The molecule has 2 rings (SSSR count). The van der Waals surface area contributed by atoms with Crippen molar-refractivity contribution in [1.82, 2.24) is 10.2 Å². The zero-order valence-corrected chi connectivity index (χ0v) is 12.4. The molecule has 0 radical (unpaired) electrons. The summed E-state index contributed by atoms with van der Waals surface area (Å²) in [6, 6.07) is 7.40. The fourth-order valence-electron chi connectivity index (χ4n) is 2.22. The molecule has 0 unspecified atom stereocenters. The summed E-state index contributed by atoms with van der Waals surface area (Å²) in [6.07, 6.45) is 1.21. The van der Waals surface area contributed by atoms with Crippen LogP contribution in [0.1, 0.15) is 41.0 Å². The van der Waals surface area contributed by atoms with E-state index in [9.17, 15) is 9.90 Å². The van der Waals surface area contributed by atoms with Crippen LogP contribution in [0.2, 0.25) is 0 Å². The van der Waals surface area contributed by atoms with Crippen molar-refractivity contribution in [3.05, 3.63) is 46.6 Å². The van der Waals surface area contributed by atoms with E-state index in [2.05, 4.69) is 10.2 Å². The average Bonchev–Trinajstić information content (AvgIpc) is 2.48. The minimum Gasteiger partial charge on any atom is -0.477 e. The van der Waals surface area contributed by atoms with Crippen LogP contribution in [0.4, 0.5) is 0 Å². The Labute approximate surface area is 123 Å². The van der Waals surface area contributed by atoms with Crippen LogP contribution in [0.3, 0.4) is 0 Å². The third-order valence-electron chi connectivity index (χ3n) is 3.33. The number of aromatic carboxylic acids is 1. The summed E-state index contributed by atoms with van der Waals surface area (Å²) in [5, 5.41) is 17.6. The molecule has 110 valence electrons. The van der Waals surface area contributed by atoms with Crippen LogP contribution < -0.4 is 4.74 Å². The number of hydrogen-bond acceptors (Lipinski definition) is 4. The maximum absolute atomic E-state index is 11.6. The number of ether oxygens (including phenoxy) is 1. The molecule has 0 spiro atoms. The van der Waals surface area contributed by atoms with Crippen LogP contribution >= 0.6 is 0 Å². The van der Waals surface area contributed by atoms with Crippen LogP contribution in [0, 0.1) is 6.92 Å². The molecule has 0 saturated heterocycles. The number of carboxylic acid groups (broad SMARTS) is 1. The van der Waals surface area contributed by atoms with E-state index in [1.54, 1.807) is 6.07 Å². The smallest absolute Gasteiger partial charge is 0.341 e. The van der Waals surface area contributed by atoms with Crippen molar-refractivity contribution in [1.29, 1.82) is 0 Å². The lowest BCUT2D eigenvalue weighted by molar-refractivity contribution is 0.0691. The number of hydrogen-bond donors (Lipinski definition) is 1. The fourth-order valence-corrected chi connectivity index (χ4v) is 2.22. The maximum Gasteiger partial charge on any atom is 0.341 e. The van der Waals surface area contributed by atoms with Gasteiger partial charge in [0.05, 0.1) is 5.69 Å². The van der Waals surface area contributed by atoms with Crippen molar-refractivity contribution in [2.45, 2.75) is 33.6 Å². The van der Waals surface area contributed by atoms with Crippen molar-refractivity contribution in [3.63, 3.8) is 0 Å². The number of para-hydroxylation sites is 1. The first-order chi connectivity index (χ1) is 10.1. The lowest BCUT2D eigenvalue weighted by Crippen LogP contribution is -2.11. The van der Waals surface area contributed by atoms with Gasteiger partial charge in [0, 0.05) is 0 Å². The van der Waals surface area contributed by atoms with Crippen LogP contribution in [0.15, 0.2) is 24.3 Å². The molecule has 0 amide bonds. The van der Waals surface area contributed by atoms with E-state index in [-0.39, 0.29) is 11.4 Å².